The molecular weight excluding hydrogens is 269 g/mol. The van der Waals surface area contributed by atoms with Crippen LogP contribution in [0.25, 0.3) is 10.1 Å². The molecule has 2 aromatic rings. The lowest BCUT2D eigenvalue weighted by Gasteiger charge is -2.06. The number of fused-ring (bicyclic) bond motifs is 1. The van der Waals surface area contributed by atoms with Crippen molar-refractivity contribution in [2.45, 2.75) is 12.3 Å². The Morgan fingerprint density at radius 2 is 2.00 bits per heavy atom. The van der Waals surface area contributed by atoms with Gasteiger partial charge >= 0.3 is 12.1 Å². The van der Waals surface area contributed by atoms with Crippen LogP contribution in [0, 0.1) is 0 Å². The molecule has 0 fully saturated rings. The van der Waals surface area contributed by atoms with E-state index in [2.05, 4.69) is 0 Å². The summed E-state index contributed by atoms with van der Waals surface area (Å²) in [6.45, 7) is 0. The maximum Gasteiger partial charge on any atom is 0.417 e. The fourth-order valence-electron chi connectivity index (χ4n) is 1.56. The van der Waals surface area contributed by atoms with Crippen LogP contribution in [0.3, 0.4) is 0 Å². The van der Waals surface area contributed by atoms with Gasteiger partial charge in [-0.2, -0.15) is 13.2 Å². The lowest BCUT2D eigenvalue weighted by molar-refractivity contribution is -0.146. The first-order chi connectivity index (χ1) is 8.30. The predicted molar refractivity (Wildman–Crippen MR) is 59.4 cm³/mol. The maximum atomic E-state index is 12.7. The van der Waals surface area contributed by atoms with E-state index in [1.165, 1.54) is 18.2 Å². The Bertz CT molecular complexity index is 603. The van der Waals surface area contributed by atoms with Gasteiger partial charge < -0.3 is 10.2 Å². The van der Waals surface area contributed by atoms with Gasteiger partial charge in [0.15, 0.2) is 6.10 Å². The maximum absolute atomic E-state index is 12.7. The van der Waals surface area contributed by atoms with Gasteiger partial charge in [-0.25, -0.2) is 4.79 Å². The number of carbonyl (C=O) groups is 1. The summed E-state index contributed by atoms with van der Waals surface area (Å²) in [4.78, 5) is 10.6. The quantitative estimate of drug-likeness (QED) is 0.886. The summed E-state index contributed by atoms with van der Waals surface area (Å²) in [6, 6.07) is 4.87. The number of carboxylic acids is 1. The smallest absolute Gasteiger partial charge is 0.417 e. The molecule has 1 aromatic heterocycles. The van der Waals surface area contributed by atoms with Gasteiger partial charge in [-0.15, -0.1) is 11.3 Å². The van der Waals surface area contributed by atoms with Crippen molar-refractivity contribution < 1.29 is 28.2 Å². The van der Waals surface area contributed by atoms with E-state index >= 15 is 0 Å². The second-order valence-corrected chi connectivity index (χ2v) is 4.70. The van der Waals surface area contributed by atoms with Crippen LogP contribution in [-0.4, -0.2) is 16.2 Å². The van der Waals surface area contributed by atoms with Crippen LogP contribution < -0.4 is 0 Å². The molecule has 0 spiro atoms. The van der Waals surface area contributed by atoms with Gasteiger partial charge in [-0.1, -0.05) is 12.1 Å². The van der Waals surface area contributed by atoms with Gasteiger partial charge in [0.1, 0.15) is 0 Å². The number of aliphatic hydroxyl groups is 1. The van der Waals surface area contributed by atoms with Crippen LogP contribution in [0.2, 0.25) is 0 Å². The SMILES string of the molecule is O=C(O)C(O)c1cc2cccc(C(F)(F)F)c2s1. The molecule has 1 aromatic carbocycles. The van der Waals surface area contributed by atoms with Crippen LogP contribution in [0.5, 0.6) is 0 Å². The van der Waals surface area contributed by atoms with E-state index in [1.807, 2.05) is 0 Å². The Morgan fingerprint density at radius 3 is 2.56 bits per heavy atom. The average molecular weight is 276 g/mol. The van der Waals surface area contributed by atoms with Crippen molar-refractivity contribution in [1.29, 1.82) is 0 Å². The molecule has 0 bridgehead atoms. The van der Waals surface area contributed by atoms with Crippen LogP contribution in [0.4, 0.5) is 13.2 Å². The number of carboxylic acid groups (broad SMARTS) is 1. The van der Waals surface area contributed by atoms with Crippen molar-refractivity contribution >= 4 is 27.4 Å². The molecule has 0 saturated carbocycles. The molecule has 0 amide bonds. The lowest BCUT2D eigenvalue weighted by Crippen LogP contribution is -2.08. The van der Waals surface area contributed by atoms with Gasteiger partial charge in [0.25, 0.3) is 0 Å². The highest BCUT2D eigenvalue weighted by Crippen LogP contribution is 2.39. The third-order valence-electron chi connectivity index (χ3n) is 2.37. The highest BCUT2D eigenvalue weighted by atomic mass is 32.1. The molecule has 0 aliphatic rings. The average Bonchev–Trinajstić information content (AvgIpc) is 2.69. The molecule has 18 heavy (non-hydrogen) atoms. The minimum absolute atomic E-state index is 0.0193. The van der Waals surface area contributed by atoms with Gasteiger partial charge in [-0.3, -0.25) is 0 Å². The number of thiophene rings is 1. The Balaban J connectivity index is 2.62. The highest BCUT2D eigenvalue weighted by molar-refractivity contribution is 7.19. The molecule has 1 atom stereocenters. The fraction of sp³-hybridized carbons (Fsp3) is 0.182. The number of alkyl halides is 3. The molecule has 0 saturated heterocycles. The van der Waals surface area contributed by atoms with E-state index in [-0.39, 0.29) is 15.0 Å². The number of halogens is 3. The molecule has 1 unspecified atom stereocenters. The van der Waals surface area contributed by atoms with Crippen molar-refractivity contribution in [2.24, 2.45) is 0 Å². The monoisotopic (exact) mass is 276 g/mol. The van der Waals surface area contributed by atoms with Gasteiger partial charge in [0.2, 0.25) is 0 Å². The van der Waals surface area contributed by atoms with Crippen molar-refractivity contribution in [3.8, 4) is 0 Å². The minimum atomic E-state index is -4.50. The highest BCUT2D eigenvalue weighted by Gasteiger charge is 2.33. The Labute approximate surface area is 103 Å². The number of aliphatic carboxylic acids is 1. The van der Waals surface area contributed by atoms with Crippen LogP contribution in [0.15, 0.2) is 24.3 Å². The first kappa shape index (κ1) is 12.8. The molecule has 2 rings (SSSR count). The van der Waals surface area contributed by atoms with Gasteiger partial charge in [0.05, 0.1) is 5.56 Å². The summed E-state index contributed by atoms with van der Waals surface area (Å²) in [6.07, 6.45) is -6.31. The van der Waals surface area contributed by atoms with E-state index in [1.54, 1.807) is 0 Å². The summed E-state index contributed by atoms with van der Waals surface area (Å²) in [5.41, 5.74) is -0.825. The van der Waals surface area contributed by atoms with E-state index in [4.69, 9.17) is 5.11 Å². The summed E-state index contributed by atoms with van der Waals surface area (Å²) >= 11 is 0.636. The Kier molecular flexibility index (Phi) is 3.04. The third-order valence-corrected chi connectivity index (χ3v) is 3.61. The molecule has 0 aliphatic heterocycles. The first-order valence-corrected chi connectivity index (χ1v) is 5.63. The normalized spacial score (nSPS) is 13.8. The predicted octanol–water partition coefficient (Wildman–Crippen LogP) is 3.04. The largest absolute Gasteiger partial charge is 0.479 e. The van der Waals surface area contributed by atoms with E-state index in [0.717, 1.165) is 6.07 Å². The van der Waals surface area contributed by atoms with Crippen LogP contribution >= 0.6 is 11.3 Å². The number of hydrogen-bond donors (Lipinski definition) is 2. The van der Waals surface area contributed by atoms with Crippen molar-refractivity contribution in [2.75, 3.05) is 0 Å². The van der Waals surface area contributed by atoms with Crippen molar-refractivity contribution in [3.05, 3.63) is 34.7 Å². The van der Waals surface area contributed by atoms with E-state index in [9.17, 15) is 23.1 Å². The van der Waals surface area contributed by atoms with Gasteiger partial charge in [-0.05, 0) is 17.5 Å². The molecule has 3 nitrogen and oxygen atoms in total. The van der Waals surface area contributed by atoms with Gasteiger partial charge in [0, 0.05) is 9.58 Å². The minimum Gasteiger partial charge on any atom is -0.479 e. The molecule has 7 heteroatoms. The van der Waals surface area contributed by atoms with Crippen LogP contribution in [0.1, 0.15) is 16.5 Å². The zero-order chi connectivity index (χ0) is 13.5. The molecule has 96 valence electrons. The molecule has 2 N–H and O–H groups in total. The number of benzene rings is 1. The Hall–Kier alpha value is -1.60. The standard InChI is InChI=1S/C11H7F3O3S/c12-11(13,14)6-3-1-2-5-4-7(18-9(5)6)8(15)10(16)17/h1-4,8,15H,(H,16,17). The van der Waals surface area contributed by atoms with Crippen molar-refractivity contribution in [1.82, 2.24) is 0 Å². The topological polar surface area (TPSA) is 57.5 Å². The molecule has 0 radical (unpaired) electrons. The summed E-state index contributed by atoms with van der Waals surface area (Å²) < 4.78 is 38.1. The fourth-order valence-corrected chi connectivity index (χ4v) is 2.74. The van der Waals surface area contributed by atoms with E-state index < -0.39 is 23.8 Å². The zero-order valence-corrected chi connectivity index (χ0v) is 9.55. The number of aliphatic hydroxyl groups excluding tert-OH is 1. The number of hydrogen-bond acceptors (Lipinski definition) is 3. The second-order valence-electron chi connectivity index (χ2n) is 3.61. The lowest BCUT2D eigenvalue weighted by atomic mass is 10.1. The summed E-state index contributed by atoms with van der Waals surface area (Å²) in [5.74, 6) is -1.49. The van der Waals surface area contributed by atoms with Crippen LogP contribution in [-0.2, 0) is 11.0 Å². The molecular formula is C11H7F3O3S. The summed E-state index contributed by atoms with van der Waals surface area (Å²) in [7, 11) is 0. The molecule has 1 heterocycles. The summed E-state index contributed by atoms with van der Waals surface area (Å²) in [5, 5.41) is 18.2. The third kappa shape index (κ3) is 2.19. The second kappa shape index (κ2) is 4.25. The van der Waals surface area contributed by atoms with Crippen molar-refractivity contribution in [3.63, 3.8) is 0 Å². The zero-order valence-electron chi connectivity index (χ0n) is 8.73. The molecule has 0 aliphatic carbocycles. The number of rotatable bonds is 2. The van der Waals surface area contributed by atoms with E-state index in [0.29, 0.717) is 11.3 Å². The first-order valence-electron chi connectivity index (χ1n) is 4.81. The Morgan fingerprint density at radius 1 is 1.33 bits per heavy atom.